The lowest BCUT2D eigenvalue weighted by Gasteiger charge is -2.37. The van der Waals surface area contributed by atoms with Crippen LogP contribution in [0.25, 0.3) is 0 Å². The van der Waals surface area contributed by atoms with Crippen molar-refractivity contribution in [3.63, 3.8) is 0 Å². The van der Waals surface area contributed by atoms with Crippen LogP contribution >= 0.6 is 0 Å². The summed E-state index contributed by atoms with van der Waals surface area (Å²) in [4.78, 5) is 12.4. The molecule has 0 amide bonds. The van der Waals surface area contributed by atoms with E-state index in [0.29, 0.717) is 11.8 Å². The molecule has 0 bridgehead atoms. The van der Waals surface area contributed by atoms with Crippen LogP contribution in [0.3, 0.4) is 0 Å². The number of hydrogen-bond acceptors (Lipinski definition) is 2. The summed E-state index contributed by atoms with van der Waals surface area (Å²) in [6, 6.07) is 7.68. The molecule has 0 saturated heterocycles. The Morgan fingerprint density at radius 2 is 1.84 bits per heavy atom. The van der Waals surface area contributed by atoms with Crippen molar-refractivity contribution in [1.29, 1.82) is 0 Å². The topological polar surface area (TPSA) is 26.3 Å². The Hall–Kier alpha value is -1.31. The molecule has 0 aromatic heterocycles. The molecule has 1 heterocycles. The van der Waals surface area contributed by atoms with E-state index in [1.807, 2.05) is 24.3 Å². The number of ether oxygens (including phenoxy) is 1. The summed E-state index contributed by atoms with van der Waals surface area (Å²) in [5.41, 5.74) is 0.906. The van der Waals surface area contributed by atoms with Crippen LogP contribution < -0.4 is 4.74 Å². The van der Waals surface area contributed by atoms with Crippen LogP contribution in [0, 0.1) is 5.41 Å². The van der Waals surface area contributed by atoms with Gasteiger partial charge in [0.1, 0.15) is 11.4 Å². The summed E-state index contributed by atoms with van der Waals surface area (Å²) in [5, 5.41) is 0. The summed E-state index contributed by atoms with van der Waals surface area (Å²) in [6.45, 7) is 4.65. The van der Waals surface area contributed by atoms with E-state index >= 15 is 0 Å². The van der Waals surface area contributed by atoms with Crippen LogP contribution in [0.1, 0.15) is 62.7 Å². The molecule has 1 aromatic rings. The van der Waals surface area contributed by atoms with Crippen LogP contribution in [-0.4, -0.2) is 11.4 Å². The van der Waals surface area contributed by atoms with E-state index in [1.54, 1.807) is 0 Å². The minimum Gasteiger partial charge on any atom is -0.486 e. The number of carbonyl (C=O) groups is 1. The van der Waals surface area contributed by atoms with Crippen LogP contribution in [0.4, 0.5) is 0 Å². The van der Waals surface area contributed by atoms with E-state index in [2.05, 4.69) is 13.8 Å². The van der Waals surface area contributed by atoms with Crippen LogP contribution in [0.5, 0.6) is 5.75 Å². The zero-order valence-electron chi connectivity index (χ0n) is 11.9. The predicted molar refractivity (Wildman–Crippen MR) is 75.6 cm³/mol. The molecule has 2 aliphatic rings. The number of carbonyl (C=O) groups excluding carboxylic acids is 1. The van der Waals surface area contributed by atoms with Gasteiger partial charge in [-0.05, 0) is 49.7 Å². The molecule has 2 heteroatoms. The van der Waals surface area contributed by atoms with Gasteiger partial charge < -0.3 is 4.74 Å². The molecule has 0 N–H and O–H groups in total. The molecule has 1 aliphatic carbocycles. The third kappa shape index (κ3) is 2.41. The third-order valence-corrected chi connectivity index (χ3v) is 4.74. The summed E-state index contributed by atoms with van der Waals surface area (Å²) < 4.78 is 6.28. The van der Waals surface area contributed by atoms with Crippen LogP contribution in [0.15, 0.2) is 24.3 Å². The highest BCUT2D eigenvalue weighted by Crippen LogP contribution is 2.45. The van der Waals surface area contributed by atoms with Gasteiger partial charge in [0, 0.05) is 0 Å². The molecular formula is C17H22O2. The van der Waals surface area contributed by atoms with E-state index in [0.717, 1.165) is 37.0 Å². The smallest absolute Gasteiger partial charge is 0.170 e. The normalized spacial score (nSPS) is 29.5. The van der Waals surface area contributed by atoms with Gasteiger partial charge in [0.2, 0.25) is 0 Å². The lowest BCUT2D eigenvalue weighted by Crippen LogP contribution is -2.41. The largest absolute Gasteiger partial charge is 0.486 e. The molecule has 2 nitrogen and oxygen atoms in total. The Kier molecular flexibility index (Phi) is 2.92. The molecule has 0 radical (unpaired) electrons. The van der Waals surface area contributed by atoms with Gasteiger partial charge in [-0.25, -0.2) is 0 Å². The molecule has 1 unspecified atom stereocenters. The molecule has 1 atom stereocenters. The van der Waals surface area contributed by atoms with Gasteiger partial charge in [-0.1, -0.05) is 26.0 Å². The third-order valence-electron chi connectivity index (χ3n) is 4.74. The van der Waals surface area contributed by atoms with Crippen LogP contribution in [-0.2, 0) is 0 Å². The number of hydrogen-bond donors (Lipinski definition) is 0. The van der Waals surface area contributed by atoms with Crippen molar-refractivity contribution in [2.24, 2.45) is 5.41 Å². The fraction of sp³-hybridized carbons (Fsp3) is 0.588. The predicted octanol–water partition coefficient (Wildman–Crippen LogP) is 4.38. The van der Waals surface area contributed by atoms with E-state index in [9.17, 15) is 4.79 Å². The van der Waals surface area contributed by atoms with Gasteiger partial charge in [-0.3, -0.25) is 4.79 Å². The molecule has 1 saturated carbocycles. The first kappa shape index (κ1) is 12.7. The molecule has 102 valence electrons. The van der Waals surface area contributed by atoms with Crippen molar-refractivity contribution in [1.82, 2.24) is 0 Å². The summed E-state index contributed by atoms with van der Waals surface area (Å²) in [6.07, 6.45) is 6.09. The van der Waals surface area contributed by atoms with E-state index in [4.69, 9.17) is 4.74 Å². The first-order valence-electron chi connectivity index (χ1n) is 7.31. The van der Waals surface area contributed by atoms with Crippen molar-refractivity contribution in [2.75, 3.05) is 0 Å². The monoisotopic (exact) mass is 258 g/mol. The fourth-order valence-corrected chi connectivity index (χ4v) is 3.43. The average molecular weight is 258 g/mol. The maximum atomic E-state index is 12.4. The molecule has 3 rings (SSSR count). The fourth-order valence-electron chi connectivity index (χ4n) is 3.43. The maximum absolute atomic E-state index is 12.4. The molecular weight excluding hydrogens is 236 g/mol. The van der Waals surface area contributed by atoms with Crippen molar-refractivity contribution < 1.29 is 9.53 Å². The number of benzene rings is 1. The number of ketones is 1. The highest BCUT2D eigenvalue weighted by atomic mass is 16.5. The van der Waals surface area contributed by atoms with Crippen molar-refractivity contribution in [3.8, 4) is 5.75 Å². The lowest BCUT2D eigenvalue weighted by atomic mass is 9.81. The zero-order chi connectivity index (χ0) is 13.5. The van der Waals surface area contributed by atoms with Gasteiger partial charge in [0.15, 0.2) is 5.78 Å². The Labute approximate surface area is 115 Å². The first-order valence-corrected chi connectivity index (χ1v) is 7.31. The second-order valence-corrected chi connectivity index (χ2v) is 6.90. The van der Waals surface area contributed by atoms with Gasteiger partial charge in [0.05, 0.1) is 12.0 Å². The van der Waals surface area contributed by atoms with E-state index < -0.39 is 0 Å². The van der Waals surface area contributed by atoms with Crippen LogP contribution in [0.2, 0.25) is 0 Å². The Bertz CT molecular complexity index is 504. The van der Waals surface area contributed by atoms with Gasteiger partial charge in [-0.15, -0.1) is 0 Å². The summed E-state index contributed by atoms with van der Waals surface area (Å²) in [7, 11) is 0. The minimum absolute atomic E-state index is 0.237. The average Bonchev–Trinajstić information content (AvgIpc) is 2.49. The molecule has 1 spiro atoms. The number of para-hydroxylation sites is 1. The highest BCUT2D eigenvalue weighted by Gasteiger charge is 2.42. The SMILES string of the molecule is CC1(C)CCCC2(CC1)CC(=O)c1ccccc1O2. The molecule has 19 heavy (non-hydrogen) atoms. The zero-order valence-corrected chi connectivity index (χ0v) is 11.9. The first-order chi connectivity index (χ1) is 9.00. The van der Waals surface area contributed by atoms with Gasteiger partial charge in [0.25, 0.3) is 0 Å². The van der Waals surface area contributed by atoms with Crippen molar-refractivity contribution in [3.05, 3.63) is 29.8 Å². The lowest BCUT2D eigenvalue weighted by molar-refractivity contribution is 0.0278. The molecule has 1 aromatic carbocycles. The quantitative estimate of drug-likeness (QED) is 0.690. The number of fused-ring (bicyclic) bond motifs is 1. The Morgan fingerprint density at radius 1 is 1.05 bits per heavy atom. The van der Waals surface area contributed by atoms with Gasteiger partial charge in [-0.2, -0.15) is 0 Å². The Balaban J connectivity index is 1.89. The van der Waals surface area contributed by atoms with E-state index in [-0.39, 0.29) is 11.4 Å². The minimum atomic E-state index is -0.237. The molecule has 1 aliphatic heterocycles. The summed E-state index contributed by atoms with van der Waals surface area (Å²) >= 11 is 0. The second-order valence-electron chi connectivity index (χ2n) is 6.90. The van der Waals surface area contributed by atoms with Gasteiger partial charge >= 0.3 is 0 Å². The molecule has 1 fully saturated rings. The number of Topliss-reactive ketones (excluding diaryl/α,β-unsaturated/α-hetero) is 1. The number of rotatable bonds is 0. The maximum Gasteiger partial charge on any atom is 0.170 e. The summed E-state index contributed by atoms with van der Waals surface area (Å²) in [5.74, 6) is 1.04. The van der Waals surface area contributed by atoms with Crippen molar-refractivity contribution >= 4 is 5.78 Å². The second kappa shape index (κ2) is 4.36. The van der Waals surface area contributed by atoms with E-state index in [1.165, 1.54) is 6.42 Å². The van der Waals surface area contributed by atoms with Crippen molar-refractivity contribution in [2.45, 2.75) is 58.0 Å². The highest BCUT2D eigenvalue weighted by molar-refractivity contribution is 6.00. The Morgan fingerprint density at radius 3 is 2.68 bits per heavy atom. The standard InChI is InChI=1S/C17H22O2/c1-16(2)8-5-9-17(11-10-16)12-14(18)13-6-3-4-7-15(13)19-17/h3-4,6-7H,5,8-12H2,1-2H3.